The van der Waals surface area contributed by atoms with E-state index in [-0.39, 0.29) is 19.0 Å². The molecule has 0 unspecified atom stereocenters. The van der Waals surface area contributed by atoms with Crippen LogP contribution in [0.25, 0.3) is 10.2 Å². The third-order valence-electron chi connectivity index (χ3n) is 3.17. The molecule has 0 spiro atoms. The Kier molecular flexibility index (Phi) is 4.86. The molecule has 0 N–H and O–H groups in total. The van der Waals surface area contributed by atoms with Crippen molar-refractivity contribution in [1.82, 2.24) is 4.57 Å². The molecule has 0 radical (unpaired) electrons. The van der Waals surface area contributed by atoms with Gasteiger partial charge in [0.05, 0.1) is 21.7 Å². The Balaban J connectivity index is 2.11. The molecule has 5 nitrogen and oxygen atoms in total. The SMILES string of the molecule is CCOC(=O)Cn1c(=NC(=O)c2cccs2)sc2cc(F)ccc21. The Morgan fingerprint density at radius 2 is 2.17 bits per heavy atom. The minimum absolute atomic E-state index is 0.0873. The Labute approximate surface area is 144 Å². The standard InChI is InChI=1S/C16H13FN2O3S2/c1-2-22-14(20)9-19-11-6-5-10(17)8-13(11)24-16(19)18-15(21)12-4-3-7-23-12/h3-8H,2,9H2,1H3. The highest BCUT2D eigenvalue weighted by atomic mass is 32.1. The average molecular weight is 364 g/mol. The summed E-state index contributed by atoms with van der Waals surface area (Å²) >= 11 is 2.44. The van der Waals surface area contributed by atoms with Crippen LogP contribution >= 0.6 is 22.7 Å². The maximum absolute atomic E-state index is 13.5. The number of hydrogen-bond acceptors (Lipinski definition) is 5. The molecule has 0 saturated carbocycles. The Bertz CT molecular complexity index is 958. The van der Waals surface area contributed by atoms with Gasteiger partial charge in [-0.25, -0.2) is 4.39 Å². The molecular formula is C16H13FN2O3S2. The Morgan fingerprint density at radius 1 is 1.33 bits per heavy atom. The molecule has 0 aliphatic heterocycles. The monoisotopic (exact) mass is 364 g/mol. The predicted octanol–water partition coefficient (Wildman–Crippen LogP) is 3.21. The van der Waals surface area contributed by atoms with E-state index >= 15 is 0 Å². The molecule has 3 rings (SSSR count). The van der Waals surface area contributed by atoms with E-state index in [0.717, 1.165) is 11.3 Å². The number of ether oxygens (including phenoxy) is 1. The highest BCUT2D eigenvalue weighted by Crippen LogP contribution is 2.19. The van der Waals surface area contributed by atoms with E-state index in [2.05, 4.69) is 4.99 Å². The summed E-state index contributed by atoms with van der Waals surface area (Å²) in [5.74, 6) is -1.22. The van der Waals surface area contributed by atoms with Crippen molar-refractivity contribution in [3.8, 4) is 0 Å². The number of thiazole rings is 1. The van der Waals surface area contributed by atoms with Crippen LogP contribution in [0, 0.1) is 5.82 Å². The summed E-state index contributed by atoms with van der Waals surface area (Å²) in [4.78, 5) is 29.0. The predicted molar refractivity (Wildman–Crippen MR) is 90.6 cm³/mol. The Morgan fingerprint density at radius 3 is 2.88 bits per heavy atom. The van der Waals surface area contributed by atoms with Gasteiger partial charge < -0.3 is 9.30 Å². The maximum Gasteiger partial charge on any atom is 0.326 e. The van der Waals surface area contributed by atoms with Gasteiger partial charge in [0.2, 0.25) is 0 Å². The van der Waals surface area contributed by atoms with E-state index in [1.54, 1.807) is 35.1 Å². The minimum Gasteiger partial charge on any atom is -0.465 e. The summed E-state index contributed by atoms with van der Waals surface area (Å²) in [6.45, 7) is 1.89. The van der Waals surface area contributed by atoms with E-state index in [1.165, 1.54) is 23.5 Å². The fourth-order valence-electron chi connectivity index (χ4n) is 2.16. The zero-order valence-electron chi connectivity index (χ0n) is 12.7. The first-order valence-corrected chi connectivity index (χ1v) is 8.85. The number of aromatic nitrogens is 1. The highest BCUT2D eigenvalue weighted by molar-refractivity contribution is 7.16. The molecule has 24 heavy (non-hydrogen) atoms. The largest absolute Gasteiger partial charge is 0.465 e. The van der Waals surface area contributed by atoms with Crippen molar-refractivity contribution in [1.29, 1.82) is 0 Å². The number of nitrogens with zero attached hydrogens (tertiary/aromatic N) is 2. The number of thiophene rings is 1. The molecule has 1 aromatic carbocycles. The van der Waals surface area contributed by atoms with E-state index in [1.807, 2.05) is 0 Å². The second-order valence-electron chi connectivity index (χ2n) is 4.78. The lowest BCUT2D eigenvalue weighted by atomic mass is 10.3. The quantitative estimate of drug-likeness (QED) is 0.668. The highest BCUT2D eigenvalue weighted by Gasteiger charge is 2.13. The number of carbonyl (C=O) groups is 2. The number of rotatable bonds is 4. The van der Waals surface area contributed by atoms with Crippen molar-refractivity contribution in [2.45, 2.75) is 13.5 Å². The van der Waals surface area contributed by atoms with Gasteiger partial charge >= 0.3 is 5.97 Å². The van der Waals surface area contributed by atoms with Crippen molar-refractivity contribution in [3.05, 3.63) is 51.2 Å². The van der Waals surface area contributed by atoms with Gasteiger partial charge in [-0.3, -0.25) is 9.59 Å². The molecule has 0 aliphatic rings. The first-order valence-electron chi connectivity index (χ1n) is 7.15. The molecule has 2 aromatic heterocycles. The van der Waals surface area contributed by atoms with Crippen LogP contribution in [-0.2, 0) is 16.1 Å². The number of fused-ring (bicyclic) bond motifs is 1. The lowest BCUT2D eigenvalue weighted by Crippen LogP contribution is -2.23. The van der Waals surface area contributed by atoms with Gasteiger partial charge in [0.15, 0.2) is 4.80 Å². The first-order chi connectivity index (χ1) is 11.6. The molecule has 3 aromatic rings. The normalized spacial score (nSPS) is 11.8. The third-order valence-corrected chi connectivity index (χ3v) is 5.07. The van der Waals surface area contributed by atoms with Gasteiger partial charge in [-0.2, -0.15) is 4.99 Å². The van der Waals surface area contributed by atoms with Crippen LogP contribution in [0.4, 0.5) is 4.39 Å². The van der Waals surface area contributed by atoms with Crippen LogP contribution in [0.2, 0.25) is 0 Å². The second-order valence-corrected chi connectivity index (χ2v) is 6.74. The minimum atomic E-state index is -0.438. The van der Waals surface area contributed by atoms with Crippen molar-refractivity contribution in [3.63, 3.8) is 0 Å². The molecular weight excluding hydrogens is 351 g/mol. The molecule has 0 fully saturated rings. The van der Waals surface area contributed by atoms with Crippen molar-refractivity contribution >= 4 is 44.8 Å². The maximum atomic E-state index is 13.5. The number of halogens is 1. The molecule has 2 heterocycles. The van der Waals surface area contributed by atoms with Crippen LogP contribution in [0.5, 0.6) is 0 Å². The van der Waals surface area contributed by atoms with Gasteiger partial charge in [-0.15, -0.1) is 11.3 Å². The van der Waals surface area contributed by atoms with Crippen molar-refractivity contribution < 1.29 is 18.7 Å². The number of esters is 1. The van der Waals surface area contributed by atoms with Gasteiger partial charge in [0.1, 0.15) is 12.4 Å². The molecule has 1 amide bonds. The second kappa shape index (κ2) is 7.06. The van der Waals surface area contributed by atoms with Crippen molar-refractivity contribution in [2.24, 2.45) is 4.99 Å². The summed E-state index contributed by atoms with van der Waals surface area (Å²) in [6.07, 6.45) is 0. The number of carbonyl (C=O) groups excluding carboxylic acids is 2. The van der Waals surface area contributed by atoms with E-state index in [0.29, 0.717) is 19.9 Å². The topological polar surface area (TPSA) is 60.7 Å². The van der Waals surface area contributed by atoms with E-state index < -0.39 is 11.9 Å². The Hall–Kier alpha value is -2.32. The third kappa shape index (κ3) is 3.44. The summed E-state index contributed by atoms with van der Waals surface area (Å²) in [5, 5.41) is 1.79. The molecule has 8 heteroatoms. The molecule has 0 bridgehead atoms. The average Bonchev–Trinajstić information content (AvgIpc) is 3.16. The molecule has 0 aliphatic carbocycles. The van der Waals surface area contributed by atoms with Gasteiger partial charge in [-0.1, -0.05) is 17.4 Å². The first kappa shape index (κ1) is 16.5. The van der Waals surface area contributed by atoms with Crippen LogP contribution < -0.4 is 4.80 Å². The summed E-state index contributed by atoms with van der Waals surface area (Å²) < 4.78 is 20.6. The fraction of sp³-hybridized carbons (Fsp3) is 0.188. The lowest BCUT2D eigenvalue weighted by Gasteiger charge is -2.04. The summed E-state index contributed by atoms with van der Waals surface area (Å²) in [5.41, 5.74) is 0.632. The number of benzene rings is 1. The summed E-state index contributed by atoms with van der Waals surface area (Å²) in [6, 6.07) is 7.67. The number of amides is 1. The lowest BCUT2D eigenvalue weighted by molar-refractivity contribution is -0.143. The molecule has 0 saturated heterocycles. The number of hydrogen-bond donors (Lipinski definition) is 0. The van der Waals surface area contributed by atoms with Crippen LogP contribution in [0.1, 0.15) is 16.6 Å². The molecule has 0 atom stereocenters. The van der Waals surface area contributed by atoms with Crippen LogP contribution in [0.3, 0.4) is 0 Å². The van der Waals surface area contributed by atoms with Crippen LogP contribution in [0.15, 0.2) is 40.7 Å². The molecule has 124 valence electrons. The van der Waals surface area contributed by atoms with Gasteiger partial charge in [0, 0.05) is 0 Å². The van der Waals surface area contributed by atoms with Crippen LogP contribution in [-0.4, -0.2) is 23.1 Å². The van der Waals surface area contributed by atoms with E-state index in [4.69, 9.17) is 4.74 Å². The van der Waals surface area contributed by atoms with Crippen molar-refractivity contribution in [2.75, 3.05) is 6.61 Å². The summed E-state index contributed by atoms with van der Waals surface area (Å²) in [7, 11) is 0. The van der Waals surface area contributed by atoms with E-state index in [9.17, 15) is 14.0 Å². The smallest absolute Gasteiger partial charge is 0.326 e. The zero-order valence-corrected chi connectivity index (χ0v) is 14.3. The fourth-order valence-corrected chi connectivity index (χ4v) is 3.82. The van der Waals surface area contributed by atoms with Gasteiger partial charge in [-0.05, 0) is 36.6 Å². The zero-order chi connectivity index (χ0) is 17.1. The van der Waals surface area contributed by atoms with Gasteiger partial charge in [0.25, 0.3) is 5.91 Å².